The Balaban J connectivity index is 1.78. The zero-order valence-electron chi connectivity index (χ0n) is 16.4. The molecule has 2 aromatic heterocycles. The third-order valence-electron chi connectivity index (χ3n) is 5.07. The minimum atomic E-state index is 0.0210. The summed E-state index contributed by atoms with van der Waals surface area (Å²) in [6, 6.07) is 11.6. The van der Waals surface area contributed by atoms with Crippen LogP contribution in [0.4, 0.5) is 11.6 Å². The van der Waals surface area contributed by atoms with E-state index in [0.29, 0.717) is 32.3 Å². The quantitative estimate of drug-likeness (QED) is 0.677. The molecule has 0 unspecified atom stereocenters. The van der Waals surface area contributed by atoms with Gasteiger partial charge in [-0.05, 0) is 49.7 Å². The Kier molecular flexibility index (Phi) is 4.92. The molecule has 0 spiro atoms. The van der Waals surface area contributed by atoms with Crippen LogP contribution < -0.4 is 15.2 Å². The van der Waals surface area contributed by atoms with E-state index in [1.807, 2.05) is 50.2 Å². The van der Waals surface area contributed by atoms with Crippen molar-refractivity contribution in [3.05, 3.63) is 70.0 Å². The van der Waals surface area contributed by atoms with Gasteiger partial charge in [0.05, 0.1) is 33.3 Å². The maximum absolute atomic E-state index is 13.1. The van der Waals surface area contributed by atoms with Gasteiger partial charge in [0.25, 0.3) is 5.56 Å². The molecule has 28 heavy (non-hydrogen) atoms. The average Bonchev–Trinajstić information content (AvgIpc) is 3.21. The topological polar surface area (TPSA) is 63.7 Å². The molecule has 0 atom stereocenters. The number of nitrogens with zero attached hydrogens (tertiary/aromatic N) is 4. The number of hydrogen-bond acceptors (Lipinski definition) is 6. The van der Waals surface area contributed by atoms with Crippen molar-refractivity contribution in [2.45, 2.75) is 33.5 Å². The van der Waals surface area contributed by atoms with Gasteiger partial charge in [-0.3, -0.25) is 19.2 Å². The number of anilines is 2. The Bertz CT molecular complexity index is 1010. The first kappa shape index (κ1) is 18.3. The number of aromatic nitrogens is 2. The molecule has 0 N–H and O–H groups in total. The molecule has 0 saturated carbocycles. The molecular weight excluding hydrogens is 356 g/mol. The van der Waals surface area contributed by atoms with Crippen LogP contribution in [0.2, 0.25) is 0 Å². The van der Waals surface area contributed by atoms with Crippen molar-refractivity contribution in [3.8, 4) is 5.75 Å². The smallest absolute Gasteiger partial charge is 0.259 e. The summed E-state index contributed by atoms with van der Waals surface area (Å²) in [6.45, 7) is 5.58. The summed E-state index contributed by atoms with van der Waals surface area (Å²) in [7, 11) is 1.65. The molecule has 0 fully saturated rings. The molecule has 0 radical (unpaired) electrons. The number of rotatable bonds is 5. The molecule has 146 valence electrons. The van der Waals surface area contributed by atoms with Crippen LogP contribution in [-0.2, 0) is 19.6 Å². The highest BCUT2D eigenvalue weighted by Crippen LogP contribution is 2.29. The van der Waals surface area contributed by atoms with Gasteiger partial charge in [-0.1, -0.05) is 6.92 Å². The van der Waals surface area contributed by atoms with Crippen LogP contribution in [-0.4, -0.2) is 28.2 Å². The zero-order valence-corrected chi connectivity index (χ0v) is 16.4. The highest BCUT2D eigenvalue weighted by atomic mass is 16.5. The van der Waals surface area contributed by atoms with E-state index in [9.17, 15) is 4.79 Å². The van der Waals surface area contributed by atoms with E-state index >= 15 is 0 Å². The second-order valence-corrected chi connectivity index (χ2v) is 6.88. The molecule has 0 saturated heterocycles. The van der Waals surface area contributed by atoms with Crippen molar-refractivity contribution < 1.29 is 9.15 Å². The number of benzene rings is 1. The molecule has 4 rings (SSSR count). The van der Waals surface area contributed by atoms with Crippen LogP contribution in [0.5, 0.6) is 5.75 Å². The van der Waals surface area contributed by atoms with Crippen molar-refractivity contribution >= 4 is 11.6 Å². The molecular formula is C21H24N4O3. The monoisotopic (exact) mass is 380 g/mol. The van der Waals surface area contributed by atoms with Crippen LogP contribution in [0.15, 0.2) is 51.9 Å². The van der Waals surface area contributed by atoms with E-state index < -0.39 is 0 Å². The van der Waals surface area contributed by atoms with E-state index in [4.69, 9.17) is 14.1 Å². The van der Waals surface area contributed by atoms with E-state index in [1.165, 1.54) is 0 Å². The molecule has 7 heteroatoms. The minimum absolute atomic E-state index is 0.0210. The number of methoxy groups -OCH3 is 1. The predicted octanol–water partition coefficient (Wildman–Crippen LogP) is 3.28. The molecule has 0 amide bonds. The van der Waals surface area contributed by atoms with Gasteiger partial charge in [0, 0.05) is 16.9 Å². The lowest BCUT2D eigenvalue weighted by Crippen LogP contribution is -2.47. The third-order valence-corrected chi connectivity index (χ3v) is 5.07. The average molecular weight is 380 g/mol. The molecule has 7 nitrogen and oxygen atoms in total. The van der Waals surface area contributed by atoms with Crippen molar-refractivity contribution in [2.24, 2.45) is 0 Å². The Hall–Kier alpha value is -3.06. The van der Waals surface area contributed by atoms with Crippen molar-refractivity contribution in [3.63, 3.8) is 0 Å². The highest BCUT2D eigenvalue weighted by molar-refractivity contribution is 5.59. The Labute approximate surface area is 163 Å². The summed E-state index contributed by atoms with van der Waals surface area (Å²) < 4.78 is 12.5. The predicted molar refractivity (Wildman–Crippen MR) is 107 cm³/mol. The Morgan fingerprint density at radius 3 is 2.61 bits per heavy atom. The maximum atomic E-state index is 13.1. The lowest BCUT2D eigenvalue weighted by molar-refractivity contribution is 0.176. The number of fused-ring (bicyclic) bond motifs is 1. The van der Waals surface area contributed by atoms with Crippen LogP contribution in [0.1, 0.15) is 23.9 Å². The normalized spacial score (nSPS) is 14.2. The van der Waals surface area contributed by atoms with Crippen LogP contribution in [0.3, 0.4) is 0 Å². The molecule has 1 aromatic carbocycles. The molecule has 3 aromatic rings. The third kappa shape index (κ3) is 3.29. The van der Waals surface area contributed by atoms with Crippen molar-refractivity contribution in [2.75, 3.05) is 18.7 Å². The van der Waals surface area contributed by atoms with Gasteiger partial charge in [0.15, 0.2) is 0 Å². The van der Waals surface area contributed by atoms with E-state index in [2.05, 4.69) is 9.80 Å². The summed E-state index contributed by atoms with van der Waals surface area (Å²) in [5, 5.41) is 0. The van der Waals surface area contributed by atoms with Crippen molar-refractivity contribution in [1.29, 1.82) is 0 Å². The number of furan rings is 1. The Morgan fingerprint density at radius 2 is 1.96 bits per heavy atom. The van der Waals surface area contributed by atoms with E-state index in [-0.39, 0.29) is 5.56 Å². The van der Waals surface area contributed by atoms with Gasteiger partial charge in [-0.2, -0.15) is 0 Å². The summed E-state index contributed by atoms with van der Waals surface area (Å²) in [5.41, 5.74) is 2.52. The summed E-state index contributed by atoms with van der Waals surface area (Å²) in [6.07, 6.45) is 2.33. The molecule has 3 heterocycles. The summed E-state index contributed by atoms with van der Waals surface area (Å²) in [4.78, 5) is 22.1. The van der Waals surface area contributed by atoms with Crippen molar-refractivity contribution in [1.82, 2.24) is 14.5 Å². The van der Waals surface area contributed by atoms with Crippen LogP contribution in [0.25, 0.3) is 0 Å². The second-order valence-electron chi connectivity index (χ2n) is 6.88. The fourth-order valence-electron chi connectivity index (χ4n) is 3.62. The first-order valence-corrected chi connectivity index (χ1v) is 9.37. The number of aryl methyl sites for hydroxylation is 1. The van der Waals surface area contributed by atoms with Crippen LogP contribution >= 0.6 is 0 Å². The SMILES string of the molecule is CCc1c(C)nc2n(c1=O)CN(Cc1ccco1)CN2c1ccc(OC)cc1. The maximum Gasteiger partial charge on any atom is 0.259 e. The minimum Gasteiger partial charge on any atom is -0.497 e. The lowest BCUT2D eigenvalue weighted by Gasteiger charge is -2.38. The largest absolute Gasteiger partial charge is 0.497 e. The fraction of sp³-hybridized carbons (Fsp3) is 0.333. The number of hydrogen-bond donors (Lipinski definition) is 0. The van der Waals surface area contributed by atoms with Crippen LogP contribution in [0, 0.1) is 6.92 Å². The summed E-state index contributed by atoms with van der Waals surface area (Å²) in [5.74, 6) is 2.32. The zero-order chi connectivity index (χ0) is 19.7. The fourth-order valence-corrected chi connectivity index (χ4v) is 3.62. The molecule has 0 bridgehead atoms. The Morgan fingerprint density at radius 1 is 1.18 bits per heavy atom. The first-order chi connectivity index (χ1) is 13.6. The standard InChI is InChI=1S/C21H24N4O3/c1-4-19-15(2)22-21-24(16-7-9-17(27-3)10-8-16)13-23(14-25(21)20(19)26)12-18-6-5-11-28-18/h5-11H,4,12-14H2,1-3H3. The molecule has 1 aliphatic heterocycles. The van der Waals surface area contributed by atoms with Gasteiger partial charge >= 0.3 is 0 Å². The van der Waals surface area contributed by atoms with E-state index in [1.54, 1.807) is 17.9 Å². The van der Waals surface area contributed by atoms with Gasteiger partial charge in [-0.25, -0.2) is 4.98 Å². The van der Waals surface area contributed by atoms with E-state index in [0.717, 1.165) is 28.5 Å². The number of ether oxygens (including phenoxy) is 1. The van der Waals surface area contributed by atoms with Gasteiger partial charge < -0.3 is 9.15 Å². The molecule has 1 aliphatic rings. The lowest BCUT2D eigenvalue weighted by atomic mass is 10.2. The summed E-state index contributed by atoms with van der Waals surface area (Å²) >= 11 is 0. The first-order valence-electron chi connectivity index (χ1n) is 9.37. The van der Waals surface area contributed by atoms with Gasteiger partial charge in [-0.15, -0.1) is 0 Å². The van der Waals surface area contributed by atoms with Gasteiger partial charge in [0.2, 0.25) is 5.95 Å². The second kappa shape index (κ2) is 7.52. The highest BCUT2D eigenvalue weighted by Gasteiger charge is 2.28. The molecule has 0 aliphatic carbocycles. The van der Waals surface area contributed by atoms with Gasteiger partial charge in [0.1, 0.15) is 11.5 Å².